The third kappa shape index (κ3) is 5.10. The quantitative estimate of drug-likeness (QED) is 0.759. The lowest BCUT2D eigenvalue weighted by molar-refractivity contribution is 0.0946. The number of amides is 1. The first kappa shape index (κ1) is 22.3. The number of aromatic nitrogens is 1. The molecule has 0 aliphatic carbocycles. The van der Waals surface area contributed by atoms with E-state index in [1.165, 1.54) is 19.2 Å². The maximum Gasteiger partial charge on any atom is 0.273 e. The molecule has 7 nitrogen and oxygen atoms in total. The highest BCUT2D eigenvalue weighted by atomic mass is 35.5. The summed E-state index contributed by atoms with van der Waals surface area (Å²) in [6, 6.07) is 5.49. The van der Waals surface area contributed by atoms with Crippen LogP contribution in [0.15, 0.2) is 29.0 Å². The Kier molecular flexibility index (Phi) is 8.41. The van der Waals surface area contributed by atoms with Gasteiger partial charge in [-0.05, 0) is 56.5 Å². The molecule has 28 heavy (non-hydrogen) atoms. The Morgan fingerprint density at radius 1 is 1.21 bits per heavy atom. The smallest absolute Gasteiger partial charge is 0.273 e. The predicted molar refractivity (Wildman–Crippen MR) is 110 cm³/mol. The van der Waals surface area contributed by atoms with E-state index in [0.29, 0.717) is 48.6 Å². The van der Waals surface area contributed by atoms with Gasteiger partial charge >= 0.3 is 0 Å². The Bertz CT molecular complexity index is 778. The monoisotopic (exact) mass is 429 g/mol. The van der Waals surface area contributed by atoms with Crippen LogP contribution in [-0.4, -0.2) is 43.7 Å². The van der Waals surface area contributed by atoms with Crippen LogP contribution in [-0.2, 0) is 0 Å². The largest absolute Gasteiger partial charge is 0.486 e. The van der Waals surface area contributed by atoms with Gasteiger partial charge in [0.15, 0.2) is 29.3 Å². The zero-order chi connectivity index (χ0) is 17.8. The van der Waals surface area contributed by atoms with Crippen molar-refractivity contribution in [3.8, 4) is 22.8 Å². The number of oxazole rings is 1. The molecule has 9 heteroatoms. The average Bonchev–Trinajstić information content (AvgIpc) is 3.18. The number of carbonyl (C=O) groups excluding carboxylic acids is 1. The molecule has 2 N–H and O–H groups in total. The number of carbonyl (C=O) groups is 1. The molecule has 3 heterocycles. The van der Waals surface area contributed by atoms with Gasteiger partial charge in [0, 0.05) is 12.1 Å². The van der Waals surface area contributed by atoms with Crippen LogP contribution in [0.2, 0.25) is 0 Å². The summed E-state index contributed by atoms with van der Waals surface area (Å²) in [5.74, 6) is 2.21. The van der Waals surface area contributed by atoms with Crippen molar-refractivity contribution in [3.05, 3.63) is 30.3 Å². The minimum Gasteiger partial charge on any atom is -0.486 e. The second-order valence-corrected chi connectivity index (χ2v) is 6.65. The first-order valence-corrected chi connectivity index (χ1v) is 9.13. The molecule has 1 saturated heterocycles. The molecule has 1 atom stereocenters. The molecule has 154 valence electrons. The van der Waals surface area contributed by atoms with Crippen LogP contribution in [0.5, 0.6) is 11.5 Å². The van der Waals surface area contributed by atoms with Gasteiger partial charge in [-0.3, -0.25) is 4.79 Å². The number of ether oxygens (including phenoxy) is 2. The third-order valence-electron chi connectivity index (χ3n) is 4.82. The van der Waals surface area contributed by atoms with Gasteiger partial charge < -0.3 is 24.5 Å². The first-order valence-electron chi connectivity index (χ1n) is 9.13. The molecule has 1 fully saturated rings. The van der Waals surface area contributed by atoms with Crippen molar-refractivity contribution in [2.45, 2.75) is 19.3 Å². The van der Waals surface area contributed by atoms with E-state index in [9.17, 15) is 4.79 Å². The number of hydrogen-bond acceptors (Lipinski definition) is 6. The van der Waals surface area contributed by atoms with Crippen LogP contribution in [0.25, 0.3) is 11.3 Å². The Hall–Kier alpha value is -1.96. The van der Waals surface area contributed by atoms with Gasteiger partial charge in [-0.1, -0.05) is 0 Å². The fourth-order valence-corrected chi connectivity index (χ4v) is 3.44. The second kappa shape index (κ2) is 10.5. The Morgan fingerprint density at radius 3 is 2.82 bits per heavy atom. The van der Waals surface area contributed by atoms with Crippen molar-refractivity contribution in [1.82, 2.24) is 15.6 Å². The summed E-state index contributed by atoms with van der Waals surface area (Å²) in [5, 5.41) is 6.35. The summed E-state index contributed by atoms with van der Waals surface area (Å²) in [6.07, 6.45) is 4.69. The molecule has 0 radical (unpaired) electrons. The standard InChI is InChI=1S/C19H23N3O4.2ClH/c23-19(21-7-5-13-2-1-6-20-11-13)17-18(26-12-22-17)14-3-4-15-16(10-14)25-9-8-24-15;;/h3-4,10,12-13,20H,1-2,5-9,11H2,(H,21,23);2*1H. The van der Waals surface area contributed by atoms with Crippen LogP contribution < -0.4 is 20.1 Å². The number of piperidine rings is 1. The van der Waals surface area contributed by atoms with E-state index in [0.717, 1.165) is 25.1 Å². The van der Waals surface area contributed by atoms with Gasteiger partial charge in [-0.15, -0.1) is 24.8 Å². The number of hydrogen-bond donors (Lipinski definition) is 2. The summed E-state index contributed by atoms with van der Waals surface area (Å²) in [4.78, 5) is 16.6. The van der Waals surface area contributed by atoms with Crippen molar-refractivity contribution >= 4 is 30.7 Å². The number of nitrogens with one attached hydrogen (secondary N) is 2. The molecule has 0 bridgehead atoms. The van der Waals surface area contributed by atoms with Gasteiger partial charge in [0.1, 0.15) is 13.2 Å². The molecular weight excluding hydrogens is 405 g/mol. The van der Waals surface area contributed by atoms with Gasteiger partial charge in [-0.25, -0.2) is 4.98 Å². The number of rotatable bonds is 5. The molecule has 1 unspecified atom stereocenters. The maximum atomic E-state index is 12.5. The third-order valence-corrected chi connectivity index (χ3v) is 4.82. The van der Waals surface area contributed by atoms with Gasteiger partial charge in [-0.2, -0.15) is 0 Å². The van der Waals surface area contributed by atoms with Crippen molar-refractivity contribution in [3.63, 3.8) is 0 Å². The fraction of sp³-hybridized carbons (Fsp3) is 0.474. The molecule has 2 aliphatic rings. The summed E-state index contributed by atoms with van der Waals surface area (Å²) < 4.78 is 16.6. The van der Waals surface area contributed by atoms with Crippen LogP contribution in [0.1, 0.15) is 29.8 Å². The van der Waals surface area contributed by atoms with E-state index in [4.69, 9.17) is 13.9 Å². The number of halogens is 2. The fourth-order valence-electron chi connectivity index (χ4n) is 3.44. The zero-order valence-corrected chi connectivity index (χ0v) is 17.1. The zero-order valence-electron chi connectivity index (χ0n) is 15.4. The van der Waals surface area contributed by atoms with Gasteiger partial charge in [0.2, 0.25) is 0 Å². The average molecular weight is 430 g/mol. The lowest BCUT2D eigenvalue weighted by atomic mass is 9.96. The highest BCUT2D eigenvalue weighted by molar-refractivity contribution is 5.97. The molecule has 0 saturated carbocycles. The lowest BCUT2D eigenvalue weighted by Crippen LogP contribution is -2.33. The van der Waals surface area contributed by atoms with Crippen LogP contribution in [0.4, 0.5) is 0 Å². The lowest BCUT2D eigenvalue weighted by Gasteiger charge is -2.22. The Balaban J connectivity index is 0.00000140. The summed E-state index contributed by atoms with van der Waals surface area (Å²) in [6.45, 7) is 3.82. The highest BCUT2D eigenvalue weighted by Gasteiger charge is 2.21. The van der Waals surface area contributed by atoms with Crippen molar-refractivity contribution in [2.24, 2.45) is 5.92 Å². The van der Waals surface area contributed by atoms with Gasteiger partial charge in [0.25, 0.3) is 5.91 Å². The Morgan fingerprint density at radius 2 is 2.04 bits per heavy atom. The van der Waals surface area contributed by atoms with E-state index in [1.54, 1.807) is 0 Å². The predicted octanol–water partition coefficient (Wildman–Crippen LogP) is 3.08. The Labute approximate surface area is 176 Å². The van der Waals surface area contributed by atoms with Crippen LogP contribution in [0, 0.1) is 5.92 Å². The normalized spacial score (nSPS) is 17.8. The molecule has 2 aromatic rings. The number of nitrogens with zero attached hydrogens (tertiary/aromatic N) is 1. The molecular formula is C19H25Cl2N3O4. The van der Waals surface area contributed by atoms with Gasteiger partial charge in [0.05, 0.1) is 0 Å². The minimum absolute atomic E-state index is 0. The van der Waals surface area contributed by atoms with E-state index in [1.807, 2.05) is 18.2 Å². The van der Waals surface area contributed by atoms with E-state index < -0.39 is 0 Å². The maximum absolute atomic E-state index is 12.5. The van der Waals surface area contributed by atoms with Crippen LogP contribution >= 0.6 is 24.8 Å². The molecule has 0 spiro atoms. The molecule has 1 aromatic carbocycles. The first-order chi connectivity index (χ1) is 12.8. The molecule has 1 aromatic heterocycles. The highest BCUT2D eigenvalue weighted by Crippen LogP contribution is 2.35. The number of fused-ring (bicyclic) bond motifs is 1. The van der Waals surface area contributed by atoms with E-state index in [2.05, 4.69) is 15.6 Å². The van der Waals surface area contributed by atoms with E-state index >= 15 is 0 Å². The topological polar surface area (TPSA) is 85.6 Å². The summed E-state index contributed by atoms with van der Waals surface area (Å²) in [5.41, 5.74) is 1.04. The molecule has 4 rings (SSSR count). The summed E-state index contributed by atoms with van der Waals surface area (Å²) >= 11 is 0. The van der Waals surface area contributed by atoms with E-state index in [-0.39, 0.29) is 30.7 Å². The second-order valence-electron chi connectivity index (χ2n) is 6.65. The molecule has 2 aliphatic heterocycles. The minimum atomic E-state index is -0.215. The summed E-state index contributed by atoms with van der Waals surface area (Å²) in [7, 11) is 0. The number of benzene rings is 1. The SMILES string of the molecule is Cl.Cl.O=C(NCCC1CCCNC1)c1ncoc1-c1ccc2c(c1)OCCO2. The van der Waals surface area contributed by atoms with Crippen molar-refractivity contribution in [1.29, 1.82) is 0 Å². The molecule has 1 amide bonds. The van der Waals surface area contributed by atoms with Crippen molar-refractivity contribution < 1.29 is 18.7 Å². The van der Waals surface area contributed by atoms with Crippen LogP contribution in [0.3, 0.4) is 0 Å². The van der Waals surface area contributed by atoms with Crippen molar-refractivity contribution in [2.75, 3.05) is 32.8 Å².